The third-order valence-corrected chi connectivity index (χ3v) is 6.80. The highest BCUT2D eigenvalue weighted by molar-refractivity contribution is 5.93. The maximum absolute atomic E-state index is 14.5. The third kappa shape index (κ3) is 9.95. The summed E-state index contributed by atoms with van der Waals surface area (Å²) in [6.45, 7) is 23.4. The third-order valence-electron chi connectivity index (χ3n) is 6.80. The van der Waals surface area contributed by atoms with Crippen molar-refractivity contribution in [1.29, 1.82) is 0 Å². The van der Waals surface area contributed by atoms with Crippen LogP contribution in [0.3, 0.4) is 0 Å². The molecule has 0 aliphatic carbocycles. The minimum absolute atomic E-state index is 0.0341. The Balaban J connectivity index is 3.73. The number of aryl methyl sites for hydroxylation is 2. The molecule has 1 aromatic rings. The Morgan fingerprint density at radius 1 is 0.974 bits per heavy atom. The van der Waals surface area contributed by atoms with E-state index >= 15 is 0 Å². The summed E-state index contributed by atoms with van der Waals surface area (Å²) in [7, 11) is 0. The van der Waals surface area contributed by atoms with Crippen LogP contribution in [0.1, 0.15) is 118 Å². The van der Waals surface area contributed by atoms with Gasteiger partial charge < -0.3 is 20.3 Å². The number of rotatable bonds is 12. The first-order valence-electron chi connectivity index (χ1n) is 14.1. The van der Waals surface area contributed by atoms with E-state index < -0.39 is 29.3 Å². The van der Waals surface area contributed by atoms with Gasteiger partial charge in [-0.25, -0.2) is 4.79 Å². The molecule has 216 valence electrons. The van der Waals surface area contributed by atoms with Crippen LogP contribution in [0.15, 0.2) is 18.2 Å². The predicted octanol–water partition coefficient (Wildman–Crippen LogP) is 6.61. The molecular formula is C31H53N3O4. The fourth-order valence-electron chi connectivity index (χ4n) is 4.53. The molecule has 7 heteroatoms. The normalized spacial score (nSPS) is 14.4. The molecule has 1 aromatic carbocycles. The van der Waals surface area contributed by atoms with E-state index in [1.54, 1.807) is 25.7 Å². The van der Waals surface area contributed by atoms with Gasteiger partial charge in [0.05, 0.1) is 0 Å². The standard InChI is InChI=1S/C31H53N3O4/c1-13-15-23(7)32-27(35)26(24-19-21(5)16-17-22(24)6)34(31(11,12)14-2)28(36)25(18-20(3)4)33-29(37)38-30(8,9)10/h16-17,19-20,23,25-26H,13-15,18H2,1-12H3,(H,32,35)(H,33,37). The molecule has 7 nitrogen and oxygen atoms in total. The number of hydrogen-bond donors (Lipinski definition) is 2. The average molecular weight is 532 g/mol. The predicted molar refractivity (Wildman–Crippen MR) is 155 cm³/mol. The van der Waals surface area contributed by atoms with Crippen molar-refractivity contribution in [2.45, 2.75) is 138 Å². The average Bonchev–Trinajstić information content (AvgIpc) is 2.76. The summed E-state index contributed by atoms with van der Waals surface area (Å²) in [4.78, 5) is 43.0. The lowest BCUT2D eigenvalue weighted by molar-refractivity contribution is -0.150. The molecule has 3 unspecified atom stereocenters. The SMILES string of the molecule is CCCC(C)NC(=O)C(c1cc(C)ccc1C)N(C(=O)C(CC(C)C)NC(=O)OC(C)(C)C)C(C)(C)CC. The Kier molecular flexibility index (Phi) is 12.3. The van der Waals surface area contributed by atoms with Crippen molar-refractivity contribution in [2.24, 2.45) is 5.92 Å². The lowest BCUT2D eigenvalue weighted by Crippen LogP contribution is -2.60. The van der Waals surface area contributed by atoms with E-state index in [0.29, 0.717) is 12.8 Å². The first kappa shape index (κ1) is 33.5. The highest BCUT2D eigenvalue weighted by Crippen LogP contribution is 2.34. The Labute approximate surface area is 231 Å². The highest BCUT2D eigenvalue weighted by Gasteiger charge is 2.43. The van der Waals surface area contributed by atoms with E-state index in [1.807, 2.05) is 73.6 Å². The maximum atomic E-state index is 14.5. The molecule has 3 amide bonds. The van der Waals surface area contributed by atoms with Crippen LogP contribution in [0.4, 0.5) is 4.79 Å². The summed E-state index contributed by atoms with van der Waals surface area (Å²) >= 11 is 0. The number of ether oxygens (including phenoxy) is 1. The van der Waals surface area contributed by atoms with Gasteiger partial charge in [0.2, 0.25) is 11.8 Å². The molecule has 38 heavy (non-hydrogen) atoms. The fraction of sp³-hybridized carbons (Fsp3) is 0.710. The number of nitrogens with one attached hydrogen (secondary N) is 2. The molecule has 2 N–H and O–H groups in total. The molecule has 0 aliphatic heterocycles. The highest BCUT2D eigenvalue weighted by atomic mass is 16.6. The summed E-state index contributed by atoms with van der Waals surface area (Å²) in [6, 6.07) is 4.27. The minimum atomic E-state index is -0.855. The lowest BCUT2D eigenvalue weighted by atomic mass is 9.88. The summed E-state index contributed by atoms with van der Waals surface area (Å²) < 4.78 is 5.50. The molecule has 0 bridgehead atoms. The van der Waals surface area contributed by atoms with E-state index in [1.165, 1.54) is 0 Å². The molecule has 0 saturated carbocycles. The Morgan fingerprint density at radius 2 is 1.58 bits per heavy atom. The second-order valence-electron chi connectivity index (χ2n) is 12.7. The number of amides is 3. The first-order chi connectivity index (χ1) is 17.4. The van der Waals surface area contributed by atoms with Gasteiger partial charge in [-0.3, -0.25) is 9.59 Å². The van der Waals surface area contributed by atoms with Gasteiger partial charge in [-0.2, -0.15) is 0 Å². The zero-order valence-corrected chi connectivity index (χ0v) is 26.0. The molecule has 3 atom stereocenters. The van der Waals surface area contributed by atoms with Gasteiger partial charge in [-0.15, -0.1) is 0 Å². The molecule has 0 aliphatic rings. The smallest absolute Gasteiger partial charge is 0.408 e. The van der Waals surface area contributed by atoms with E-state index in [-0.39, 0.29) is 23.8 Å². The Hall–Kier alpha value is -2.57. The summed E-state index contributed by atoms with van der Waals surface area (Å²) in [5.41, 5.74) is 1.37. The summed E-state index contributed by atoms with van der Waals surface area (Å²) in [5, 5.41) is 5.99. The van der Waals surface area contributed by atoms with Gasteiger partial charge in [-0.1, -0.05) is 57.9 Å². The molecular weight excluding hydrogens is 478 g/mol. The summed E-state index contributed by atoms with van der Waals surface area (Å²) in [5.74, 6) is -0.376. The lowest BCUT2D eigenvalue weighted by Gasteiger charge is -2.45. The summed E-state index contributed by atoms with van der Waals surface area (Å²) in [6.07, 6.45) is 2.18. The van der Waals surface area contributed by atoms with Crippen LogP contribution in [0.2, 0.25) is 0 Å². The topological polar surface area (TPSA) is 87.7 Å². The van der Waals surface area contributed by atoms with Gasteiger partial charge in [0, 0.05) is 11.6 Å². The number of alkyl carbamates (subject to hydrolysis) is 1. The molecule has 0 heterocycles. The van der Waals surface area contributed by atoms with Gasteiger partial charge >= 0.3 is 6.09 Å². The van der Waals surface area contributed by atoms with E-state index in [0.717, 1.165) is 29.5 Å². The monoisotopic (exact) mass is 531 g/mol. The molecule has 0 aromatic heterocycles. The quantitative estimate of drug-likeness (QED) is 0.318. The van der Waals surface area contributed by atoms with Gasteiger partial charge in [-0.05, 0) is 91.7 Å². The van der Waals surface area contributed by atoms with Crippen LogP contribution < -0.4 is 10.6 Å². The van der Waals surface area contributed by atoms with Crippen molar-refractivity contribution in [2.75, 3.05) is 0 Å². The van der Waals surface area contributed by atoms with Crippen molar-refractivity contribution in [3.63, 3.8) is 0 Å². The zero-order valence-electron chi connectivity index (χ0n) is 26.0. The van der Waals surface area contributed by atoms with Crippen LogP contribution in [-0.4, -0.2) is 46.0 Å². The van der Waals surface area contributed by atoms with E-state index in [9.17, 15) is 14.4 Å². The van der Waals surface area contributed by atoms with Crippen LogP contribution in [-0.2, 0) is 14.3 Å². The van der Waals surface area contributed by atoms with Crippen LogP contribution >= 0.6 is 0 Å². The van der Waals surface area contributed by atoms with Crippen LogP contribution in [0.5, 0.6) is 0 Å². The maximum Gasteiger partial charge on any atom is 0.408 e. The molecule has 0 spiro atoms. The molecule has 0 saturated heterocycles. The Morgan fingerprint density at radius 3 is 2.08 bits per heavy atom. The number of hydrogen-bond acceptors (Lipinski definition) is 4. The second kappa shape index (κ2) is 14.0. The first-order valence-corrected chi connectivity index (χ1v) is 14.1. The van der Waals surface area contributed by atoms with Crippen LogP contribution in [0.25, 0.3) is 0 Å². The van der Waals surface area contributed by atoms with Crippen molar-refractivity contribution in [3.8, 4) is 0 Å². The minimum Gasteiger partial charge on any atom is -0.444 e. The number of carbonyl (C=O) groups is 3. The molecule has 0 fully saturated rings. The van der Waals surface area contributed by atoms with Crippen molar-refractivity contribution >= 4 is 17.9 Å². The van der Waals surface area contributed by atoms with Gasteiger partial charge in [0.15, 0.2) is 0 Å². The van der Waals surface area contributed by atoms with Crippen molar-refractivity contribution in [1.82, 2.24) is 15.5 Å². The second-order valence-corrected chi connectivity index (χ2v) is 12.7. The van der Waals surface area contributed by atoms with Gasteiger partial charge in [0.25, 0.3) is 0 Å². The number of nitrogens with zero attached hydrogens (tertiary/aromatic N) is 1. The van der Waals surface area contributed by atoms with E-state index in [2.05, 4.69) is 17.6 Å². The van der Waals surface area contributed by atoms with Crippen molar-refractivity contribution in [3.05, 3.63) is 34.9 Å². The number of carbonyl (C=O) groups excluding carboxylic acids is 3. The van der Waals surface area contributed by atoms with E-state index in [4.69, 9.17) is 4.74 Å². The van der Waals surface area contributed by atoms with Crippen LogP contribution in [0, 0.1) is 19.8 Å². The molecule has 0 radical (unpaired) electrons. The largest absolute Gasteiger partial charge is 0.444 e. The number of benzene rings is 1. The fourth-order valence-corrected chi connectivity index (χ4v) is 4.53. The Bertz CT molecular complexity index is 949. The molecule has 1 rings (SSSR count). The van der Waals surface area contributed by atoms with Crippen molar-refractivity contribution < 1.29 is 19.1 Å². The van der Waals surface area contributed by atoms with Gasteiger partial charge in [0.1, 0.15) is 17.7 Å². The zero-order chi connectivity index (χ0) is 29.4.